The number of esters is 1. The average Bonchev–Trinajstić information content (AvgIpc) is 2.99. The molecular formula is C17H19N3O5. The van der Waals surface area contributed by atoms with E-state index in [0.29, 0.717) is 17.9 Å². The fourth-order valence-corrected chi connectivity index (χ4v) is 2.11. The van der Waals surface area contributed by atoms with Gasteiger partial charge in [-0.05, 0) is 18.9 Å². The fraction of sp³-hybridized carbons (Fsp3) is 0.294. The van der Waals surface area contributed by atoms with Crippen LogP contribution in [0.4, 0.5) is 4.79 Å². The maximum Gasteiger partial charge on any atom is 0.344 e. The van der Waals surface area contributed by atoms with Crippen molar-refractivity contribution in [2.75, 3.05) is 6.61 Å². The topological polar surface area (TPSA) is 111 Å². The Bertz CT molecular complexity index is 755. The van der Waals surface area contributed by atoms with Crippen LogP contribution in [0, 0.1) is 6.92 Å². The zero-order valence-corrected chi connectivity index (χ0v) is 14.0. The zero-order chi connectivity index (χ0) is 18.2. The molecule has 0 aliphatic rings. The predicted octanol–water partition coefficient (Wildman–Crippen LogP) is 1.73. The lowest BCUT2D eigenvalue weighted by Gasteiger charge is -2.07. The first kappa shape index (κ1) is 18.2. The molecule has 8 nitrogen and oxygen atoms in total. The average molecular weight is 345 g/mol. The van der Waals surface area contributed by atoms with Crippen molar-refractivity contribution in [3.05, 3.63) is 52.9 Å². The number of nitrogens with one attached hydrogen (secondary N) is 2. The molecule has 0 aliphatic heterocycles. The van der Waals surface area contributed by atoms with Crippen molar-refractivity contribution in [1.82, 2.24) is 15.8 Å². The number of carbonyl (C=O) groups is 3. The van der Waals surface area contributed by atoms with Crippen LogP contribution in [-0.4, -0.2) is 29.7 Å². The molecule has 2 aromatic rings. The van der Waals surface area contributed by atoms with Crippen LogP contribution in [0.5, 0.6) is 0 Å². The lowest BCUT2D eigenvalue weighted by atomic mass is 10.1. The third kappa shape index (κ3) is 5.17. The Kier molecular flexibility index (Phi) is 6.27. The standard InChI is InChI=1S/C17H19N3O5/c1-3-13-15(11(2)25-20-13)16(22)24-10-14(21)19-17(23)18-9-12-7-5-4-6-8-12/h4-8H,3,9-10H2,1-2H3,(H2,18,19,21,23). The summed E-state index contributed by atoms with van der Waals surface area (Å²) < 4.78 is 9.84. The van der Waals surface area contributed by atoms with Crippen LogP contribution in [0.25, 0.3) is 0 Å². The number of aromatic nitrogens is 1. The molecule has 3 amide bonds. The van der Waals surface area contributed by atoms with Gasteiger partial charge in [0.1, 0.15) is 11.3 Å². The number of aryl methyl sites for hydroxylation is 2. The van der Waals surface area contributed by atoms with Gasteiger partial charge in [0.15, 0.2) is 6.61 Å². The number of urea groups is 1. The highest BCUT2D eigenvalue weighted by Crippen LogP contribution is 2.15. The van der Waals surface area contributed by atoms with E-state index in [2.05, 4.69) is 15.8 Å². The van der Waals surface area contributed by atoms with Gasteiger partial charge in [0.25, 0.3) is 5.91 Å². The molecule has 0 bridgehead atoms. The summed E-state index contributed by atoms with van der Waals surface area (Å²) in [6.45, 7) is 3.10. The molecule has 0 saturated heterocycles. The van der Waals surface area contributed by atoms with Crippen molar-refractivity contribution in [3.8, 4) is 0 Å². The third-order valence-electron chi connectivity index (χ3n) is 3.36. The number of ether oxygens (including phenoxy) is 1. The molecule has 25 heavy (non-hydrogen) atoms. The molecule has 0 radical (unpaired) electrons. The first-order valence-electron chi connectivity index (χ1n) is 7.75. The molecule has 2 rings (SSSR count). The van der Waals surface area contributed by atoms with Crippen molar-refractivity contribution in [2.45, 2.75) is 26.8 Å². The van der Waals surface area contributed by atoms with Gasteiger partial charge in [0, 0.05) is 6.54 Å². The van der Waals surface area contributed by atoms with Crippen LogP contribution in [0.2, 0.25) is 0 Å². The van der Waals surface area contributed by atoms with Crippen molar-refractivity contribution in [3.63, 3.8) is 0 Å². The minimum atomic E-state index is -0.730. The minimum absolute atomic E-state index is 0.212. The second-order valence-corrected chi connectivity index (χ2v) is 5.21. The summed E-state index contributed by atoms with van der Waals surface area (Å²) in [5.41, 5.74) is 1.57. The highest BCUT2D eigenvalue weighted by molar-refractivity contribution is 5.97. The zero-order valence-electron chi connectivity index (χ0n) is 14.0. The number of amides is 3. The van der Waals surface area contributed by atoms with E-state index >= 15 is 0 Å². The summed E-state index contributed by atoms with van der Waals surface area (Å²) in [5, 5.41) is 8.37. The molecule has 1 aromatic carbocycles. The molecule has 8 heteroatoms. The van der Waals surface area contributed by atoms with Gasteiger partial charge >= 0.3 is 12.0 Å². The number of imide groups is 1. The number of nitrogens with zero attached hydrogens (tertiary/aromatic N) is 1. The van der Waals surface area contributed by atoms with Gasteiger partial charge in [0.05, 0.1) is 5.69 Å². The van der Waals surface area contributed by atoms with E-state index in [4.69, 9.17) is 9.26 Å². The Hall–Kier alpha value is -3.16. The summed E-state index contributed by atoms with van der Waals surface area (Å²) in [7, 11) is 0. The molecule has 0 spiro atoms. The van der Waals surface area contributed by atoms with E-state index in [-0.39, 0.29) is 12.1 Å². The highest BCUT2D eigenvalue weighted by atomic mass is 16.5. The van der Waals surface area contributed by atoms with Crippen LogP contribution in [0.15, 0.2) is 34.9 Å². The van der Waals surface area contributed by atoms with E-state index in [1.165, 1.54) is 0 Å². The lowest BCUT2D eigenvalue weighted by Crippen LogP contribution is -2.41. The molecule has 132 valence electrons. The van der Waals surface area contributed by atoms with E-state index in [1.807, 2.05) is 37.3 Å². The summed E-state index contributed by atoms with van der Waals surface area (Å²) in [6.07, 6.45) is 0.496. The Morgan fingerprint density at radius 3 is 2.60 bits per heavy atom. The van der Waals surface area contributed by atoms with E-state index in [9.17, 15) is 14.4 Å². The molecule has 0 aliphatic carbocycles. The monoisotopic (exact) mass is 345 g/mol. The van der Waals surface area contributed by atoms with Gasteiger partial charge in [0.2, 0.25) is 0 Å². The molecule has 0 unspecified atom stereocenters. The van der Waals surface area contributed by atoms with Crippen LogP contribution in [0.1, 0.15) is 34.3 Å². The number of benzene rings is 1. The summed E-state index contributed by atoms with van der Waals surface area (Å²) in [6, 6.07) is 8.57. The molecule has 1 heterocycles. The Morgan fingerprint density at radius 1 is 1.20 bits per heavy atom. The number of carbonyl (C=O) groups excluding carboxylic acids is 3. The maximum atomic E-state index is 12.0. The van der Waals surface area contributed by atoms with Crippen molar-refractivity contribution < 1.29 is 23.6 Å². The van der Waals surface area contributed by atoms with Crippen LogP contribution in [-0.2, 0) is 22.5 Å². The number of hydrogen-bond acceptors (Lipinski definition) is 6. The van der Waals surface area contributed by atoms with Crippen molar-refractivity contribution in [2.24, 2.45) is 0 Å². The number of hydrogen-bond donors (Lipinski definition) is 2. The molecule has 0 fully saturated rings. The van der Waals surface area contributed by atoms with E-state index in [0.717, 1.165) is 5.56 Å². The minimum Gasteiger partial charge on any atom is -0.452 e. The first-order valence-corrected chi connectivity index (χ1v) is 7.75. The van der Waals surface area contributed by atoms with E-state index < -0.39 is 24.5 Å². The first-order chi connectivity index (χ1) is 12.0. The third-order valence-corrected chi connectivity index (χ3v) is 3.36. The van der Waals surface area contributed by atoms with Gasteiger partial charge in [-0.2, -0.15) is 0 Å². The van der Waals surface area contributed by atoms with Gasteiger partial charge in [-0.25, -0.2) is 9.59 Å². The van der Waals surface area contributed by atoms with Gasteiger partial charge in [-0.1, -0.05) is 42.4 Å². The second kappa shape index (κ2) is 8.62. The predicted molar refractivity (Wildman–Crippen MR) is 87.7 cm³/mol. The Morgan fingerprint density at radius 2 is 1.92 bits per heavy atom. The lowest BCUT2D eigenvalue weighted by molar-refractivity contribution is -0.123. The largest absolute Gasteiger partial charge is 0.452 e. The quantitative estimate of drug-likeness (QED) is 0.772. The van der Waals surface area contributed by atoms with Crippen molar-refractivity contribution in [1.29, 1.82) is 0 Å². The molecular weight excluding hydrogens is 326 g/mol. The van der Waals surface area contributed by atoms with Crippen LogP contribution >= 0.6 is 0 Å². The van der Waals surface area contributed by atoms with Gasteiger partial charge < -0.3 is 14.6 Å². The Labute approximate surface area is 144 Å². The number of rotatable bonds is 6. The maximum absolute atomic E-state index is 12.0. The fourth-order valence-electron chi connectivity index (χ4n) is 2.11. The van der Waals surface area contributed by atoms with Gasteiger partial charge in [-0.15, -0.1) is 0 Å². The summed E-state index contributed by atoms with van der Waals surface area (Å²) in [4.78, 5) is 35.3. The smallest absolute Gasteiger partial charge is 0.344 e. The molecule has 0 atom stereocenters. The highest BCUT2D eigenvalue weighted by Gasteiger charge is 2.21. The molecule has 2 N–H and O–H groups in total. The van der Waals surface area contributed by atoms with Gasteiger partial charge in [-0.3, -0.25) is 10.1 Å². The van der Waals surface area contributed by atoms with Crippen molar-refractivity contribution >= 4 is 17.9 Å². The SMILES string of the molecule is CCc1noc(C)c1C(=O)OCC(=O)NC(=O)NCc1ccccc1. The Balaban J connectivity index is 1.77. The van der Waals surface area contributed by atoms with E-state index in [1.54, 1.807) is 6.92 Å². The molecule has 1 aromatic heterocycles. The normalized spacial score (nSPS) is 10.2. The second-order valence-electron chi connectivity index (χ2n) is 5.21. The summed E-state index contributed by atoms with van der Waals surface area (Å²) >= 11 is 0. The summed E-state index contributed by atoms with van der Waals surface area (Å²) in [5.74, 6) is -1.12. The van der Waals surface area contributed by atoms with Crippen LogP contribution < -0.4 is 10.6 Å². The molecule has 0 saturated carbocycles. The van der Waals surface area contributed by atoms with Crippen LogP contribution in [0.3, 0.4) is 0 Å².